The zero-order valence-electron chi connectivity index (χ0n) is 12.1. The van der Waals surface area contributed by atoms with Crippen LogP contribution in [0.1, 0.15) is 0 Å². The van der Waals surface area contributed by atoms with E-state index >= 15 is 0 Å². The van der Waals surface area contributed by atoms with Crippen LogP contribution in [0, 0.1) is 0 Å². The molecule has 1 fully saturated rings. The Morgan fingerprint density at radius 1 is 0.808 bits per heavy atom. The van der Waals surface area contributed by atoms with Crippen molar-refractivity contribution in [1.82, 2.24) is 0 Å². The number of phosphoric acid groups is 4. The molecule has 26 heavy (non-hydrogen) atoms. The topological polar surface area (TPSA) is 276 Å². The fraction of sp³-hybridized carbons (Fsp3) is 1.00. The lowest BCUT2D eigenvalue weighted by Crippen LogP contribution is -2.36. The smallest absolute Gasteiger partial charge is 0.394 e. The summed E-state index contributed by atoms with van der Waals surface area (Å²) in [6.07, 6.45) is -8.36. The molecule has 156 valence electrons. The minimum Gasteiger partial charge on any atom is -0.394 e. The summed E-state index contributed by atoms with van der Waals surface area (Å²) in [7, 11) is -22.3. The van der Waals surface area contributed by atoms with Crippen LogP contribution in [0.15, 0.2) is 0 Å². The van der Waals surface area contributed by atoms with Crippen molar-refractivity contribution >= 4 is 31.3 Å². The van der Waals surface area contributed by atoms with Gasteiger partial charge in [-0.05, 0) is 0 Å². The molecule has 0 aromatic carbocycles. The molecule has 8 N–H and O–H groups in total. The second-order valence-corrected chi connectivity index (χ2v) is 10.0. The Kier molecular flexibility index (Phi) is 7.91. The molecular formula is C5H14O17P4. The van der Waals surface area contributed by atoms with E-state index in [0.717, 1.165) is 0 Å². The highest BCUT2D eigenvalue weighted by Crippen LogP contribution is 2.61. The minimum atomic E-state index is -5.61. The first-order chi connectivity index (χ1) is 11.4. The fourth-order valence-corrected chi connectivity index (χ4v) is 5.07. The fourth-order valence-electron chi connectivity index (χ4n) is 1.64. The van der Waals surface area contributed by atoms with Gasteiger partial charge in [-0.3, -0.25) is 9.05 Å². The van der Waals surface area contributed by atoms with Crippen molar-refractivity contribution in [3.05, 3.63) is 0 Å². The van der Waals surface area contributed by atoms with Crippen molar-refractivity contribution in [3.8, 4) is 0 Å². The van der Waals surface area contributed by atoms with Crippen LogP contribution in [0.3, 0.4) is 0 Å². The first-order valence-corrected chi connectivity index (χ1v) is 12.0. The Bertz CT molecular complexity index is 677. The second-order valence-electron chi connectivity index (χ2n) is 4.47. The van der Waals surface area contributed by atoms with E-state index in [1.807, 2.05) is 0 Å². The maximum atomic E-state index is 11.5. The van der Waals surface area contributed by atoms with Gasteiger partial charge in [0.2, 0.25) is 0 Å². The van der Waals surface area contributed by atoms with E-state index in [9.17, 15) is 33.2 Å². The van der Waals surface area contributed by atoms with Crippen LogP contribution in [-0.2, 0) is 40.7 Å². The van der Waals surface area contributed by atoms with Crippen LogP contribution >= 0.6 is 31.3 Å². The van der Waals surface area contributed by atoms with Gasteiger partial charge in [0.15, 0.2) is 6.29 Å². The van der Waals surface area contributed by atoms with Crippen LogP contribution in [-0.4, -0.2) is 70.8 Å². The molecule has 1 saturated heterocycles. The minimum absolute atomic E-state index is 0.995. The molecule has 0 aromatic heterocycles. The quantitative estimate of drug-likeness (QED) is 0.167. The number of phosphoric ester groups is 2. The first kappa shape index (κ1) is 24.4. The molecule has 0 aromatic rings. The Hall–Kier alpha value is 0.400. The maximum absolute atomic E-state index is 11.5. The van der Waals surface area contributed by atoms with Crippen molar-refractivity contribution in [1.29, 1.82) is 0 Å². The summed E-state index contributed by atoms with van der Waals surface area (Å²) >= 11 is 0. The normalized spacial score (nSPS) is 32.2. The second kappa shape index (κ2) is 8.41. The Morgan fingerprint density at radius 2 is 1.23 bits per heavy atom. The van der Waals surface area contributed by atoms with Gasteiger partial charge >= 0.3 is 31.3 Å². The Balaban J connectivity index is 3.01. The highest BCUT2D eigenvalue weighted by atomic mass is 31.3. The SMILES string of the molecule is O=P(O)(O)OP(=O)(O)OC1O[C@H](CO)[C@@H](O)[C@H]1OP(=O)(O)OP(=O)(O)O. The summed E-state index contributed by atoms with van der Waals surface area (Å²) in [5.74, 6) is 0. The van der Waals surface area contributed by atoms with Gasteiger partial charge in [0.1, 0.15) is 18.3 Å². The lowest BCUT2D eigenvalue weighted by atomic mass is 10.1. The standard InChI is InChI=1S/C5H14O17P4/c6-1-2-3(7)4(19-25(14,15)21-23(8,9)10)5(18-2)20-26(16,17)22-24(11,12)13/h2-7H,1H2,(H,14,15)(H,16,17)(H2,8,9,10)(H2,11,12,13)/t2-,3-,4-,5?/m1/s1. The summed E-state index contributed by atoms with van der Waals surface area (Å²) in [6.45, 7) is -0.995. The number of aliphatic hydroxyl groups excluding tert-OH is 2. The predicted molar refractivity (Wildman–Crippen MR) is 73.6 cm³/mol. The third kappa shape index (κ3) is 8.19. The predicted octanol–water partition coefficient (Wildman–Crippen LogP) is -2.11. The molecule has 0 saturated carbocycles. The molecular weight excluding hydrogens is 456 g/mol. The lowest BCUT2D eigenvalue weighted by molar-refractivity contribution is -0.123. The van der Waals surface area contributed by atoms with Crippen molar-refractivity contribution in [2.24, 2.45) is 0 Å². The molecule has 0 radical (unpaired) electrons. The van der Waals surface area contributed by atoms with Crippen molar-refractivity contribution < 1.29 is 80.2 Å². The van der Waals surface area contributed by atoms with E-state index in [-0.39, 0.29) is 0 Å². The zero-order valence-corrected chi connectivity index (χ0v) is 15.6. The number of rotatable bonds is 9. The Labute approximate surface area is 143 Å². The monoisotopic (exact) mass is 470 g/mol. The molecule has 1 aliphatic rings. The highest BCUT2D eigenvalue weighted by molar-refractivity contribution is 7.61. The summed E-state index contributed by atoms with van der Waals surface area (Å²) < 4.78 is 64.1. The molecule has 1 aliphatic heterocycles. The Morgan fingerprint density at radius 3 is 1.62 bits per heavy atom. The van der Waals surface area contributed by atoms with Crippen molar-refractivity contribution in [2.45, 2.75) is 24.6 Å². The zero-order chi connectivity index (χ0) is 20.6. The van der Waals surface area contributed by atoms with Crippen LogP contribution in [0.2, 0.25) is 0 Å². The molecule has 0 aliphatic carbocycles. The van der Waals surface area contributed by atoms with E-state index < -0.39 is 62.5 Å². The van der Waals surface area contributed by atoms with Crippen LogP contribution < -0.4 is 0 Å². The first-order valence-electron chi connectivity index (χ1n) is 5.95. The molecule has 0 amide bonds. The molecule has 6 atom stereocenters. The lowest BCUT2D eigenvalue weighted by Gasteiger charge is -2.24. The van der Waals surface area contributed by atoms with Gasteiger partial charge in [0, 0.05) is 0 Å². The molecule has 0 bridgehead atoms. The van der Waals surface area contributed by atoms with Crippen LogP contribution in [0.4, 0.5) is 0 Å². The third-order valence-electron chi connectivity index (χ3n) is 2.39. The molecule has 3 unspecified atom stereocenters. The van der Waals surface area contributed by atoms with E-state index in [0.29, 0.717) is 0 Å². The van der Waals surface area contributed by atoms with Gasteiger partial charge in [-0.2, -0.15) is 8.62 Å². The van der Waals surface area contributed by atoms with Crippen molar-refractivity contribution in [3.63, 3.8) is 0 Å². The average molecular weight is 470 g/mol. The highest BCUT2D eigenvalue weighted by Gasteiger charge is 2.52. The van der Waals surface area contributed by atoms with Crippen LogP contribution in [0.5, 0.6) is 0 Å². The van der Waals surface area contributed by atoms with Gasteiger partial charge in [-0.1, -0.05) is 0 Å². The molecule has 17 nitrogen and oxygen atoms in total. The van der Waals surface area contributed by atoms with Gasteiger partial charge in [0.25, 0.3) is 0 Å². The number of hydrogen-bond acceptors (Lipinski definition) is 11. The molecule has 0 spiro atoms. The number of hydrogen-bond donors (Lipinski definition) is 8. The van der Waals surface area contributed by atoms with Gasteiger partial charge in [-0.15, -0.1) is 0 Å². The van der Waals surface area contributed by atoms with Gasteiger partial charge in [0.05, 0.1) is 6.61 Å². The molecule has 1 heterocycles. The van der Waals surface area contributed by atoms with Gasteiger partial charge in [-0.25, -0.2) is 18.3 Å². The van der Waals surface area contributed by atoms with Crippen molar-refractivity contribution in [2.75, 3.05) is 6.61 Å². The van der Waals surface area contributed by atoms with Gasteiger partial charge < -0.3 is 44.3 Å². The summed E-state index contributed by atoms with van der Waals surface area (Å²) in [5.41, 5.74) is 0. The molecule has 1 rings (SSSR count). The van der Waals surface area contributed by atoms with E-state index in [1.165, 1.54) is 0 Å². The van der Waals surface area contributed by atoms with Crippen LogP contribution in [0.25, 0.3) is 0 Å². The number of ether oxygens (including phenoxy) is 1. The van der Waals surface area contributed by atoms with E-state index in [1.54, 1.807) is 0 Å². The largest absolute Gasteiger partial charge is 0.483 e. The number of aliphatic hydroxyl groups is 2. The third-order valence-corrected chi connectivity index (χ3v) is 6.72. The summed E-state index contributed by atoms with van der Waals surface area (Å²) in [5, 5.41) is 18.7. The molecule has 21 heteroatoms. The summed E-state index contributed by atoms with van der Waals surface area (Å²) in [4.78, 5) is 52.4. The van der Waals surface area contributed by atoms with E-state index in [4.69, 9.17) is 24.7 Å². The summed E-state index contributed by atoms with van der Waals surface area (Å²) in [6, 6.07) is 0. The van der Waals surface area contributed by atoms with E-state index in [2.05, 4.69) is 22.4 Å². The maximum Gasteiger partial charge on any atom is 0.483 e. The average Bonchev–Trinajstić information content (AvgIpc) is 2.59.